The number of rotatable bonds is 27. The first-order chi connectivity index (χ1) is 50.9. The summed E-state index contributed by atoms with van der Waals surface area (Å²) >= 11 is 5.97. The van der Waals surface area contributed by atoms with Gasteiger partial charge in [-0.25, -0.2) is 25.6 Å². The number of aryl methyl sites for hydroxylation is 1. The second-order valence-electron chi connectivity index (χ2n) is 23.6. The first-order valence-corrected chi connectivity index (χ1v) is 35.9. The van der Waals surface area contributed by atoms with Gasteiger partial charge in [-0.05, 0) is 176 Å². The number of halogens is 3. The molecule has 0 aliphatic rings. The molecule has 0 radical (unpaired) electrons. The molecule has 0 bridgehead atoms. The molecule has 108 heavy (non-hydrogen) atoms. The number of carbonyl (C=O) groups is 8. The number of anilines is 5. The van der Waals surface area contributed by atoms with Crippen LogP contribution in [0.25, 0.3) is 0 Å². The molecule has 570 valence electrons. The number of carboxylic acids is 5. The Labute approximate surface area is 625 Å². The fourth-order valence-electron chi connectivity index (χ4n) is 9.33. The summed E-state index contributed by atoms with van der Waals surface area (Å²) in [6.07, 6.45) is 2.05. The van der Waals surface area contributed by atoms with Crippen LogP contribution < -0.4 is 58.8 Å². The van der Waals surface area contributed by atoms with Crippen molar-refractivity contribution in [2.45, 2.75) is 74.1 Å². The summed E-state index contributed by atoms with van der Waals surface area (Å²) in [7, 11) is -5.45. The van der Waals surface area contributed by atoms with Crippen LogP contribution >= 0.6 is 11.6 Å². The summed E-state index contributed by atoms with van der Waals surface area (Å²) in [4.78, 5) is 89.9. The normalized spacial score (nSPS) is 12.1. The Morgan fingerprint density at radius 2 is 0.713 bits per heavy atom. The van der Waals surface area contributed by atoms with Crippen LogP contribution in [0.1, 0.15) is 64.5 Å². The van der Waals surface area contributed by atoms with Crippen LogP contribution in [-0.4, -0.2) is 134 Å². The fourth-order valence-corrected chi connectivity index (χ4v) is 11.4. The van der Waals surface area contributed by atoms with Gasteiger partial charge in [0.25, 0.3) is 27.7 Å². The first kappa shape index (κ1) is 86.6. The van der Waals surface area contributed by atoms with Crippen LogP contribution in [0.15, 0.2) is 217 Å². The largest absolute Gasteiger partial charge is 0.496 e. The van der Waals surface area contributed by atoms with E-state index >= 15 is 0 Å². The molecule has 0 heterocycles. The van der Waals surface area contributed by atoms with Crippen molar-refractivity contribution in [3.05, 3.63) is 279 Å². The minimum atomic E-state index is -3.66. The number of sulfonamides is 2. The Kier molecular flexibility index (Phi) is 33.4. The summed E-state index contributed by atoms with van der Waals surface area (Å²) < 4.78 is 82.9. The van der Waals surface area contributed by atoms with Gasteiger partial charge in [-0.15, -0.1) is 0 Å². The van der Waals surface area contributed by atoms with E-state index in [1.807, 2.05) is 0 Å². The van der Waals surface area contributed by atoms with Gasteiger partial charge in [0.2, 0.25) is 10.0 Å². The Bertz CT molecular complexity index is 4820. The molecule has 0 aromatic heterocycles. The lowest BCUT2D eigenvalue weighted by Gasteiger charge is -2.11. The smallest absolute Gasteiger partial charge is 0.320 e. The molecule has 20 N–H and O–H groups in total. The highest BCUT2D eigenvalue weighted by Gasteiger charge is 2.21. The molecule has 9 rings (SSSR count). The lowest BCUT2D eigenvalue weighted by atomic mass is 10.1. The van der Waals surface area contributed by atoms with Crippen molar-refractivity contribution < 1.29 is 94.2 Å². The van der Waals surface area contributed by atoms with Crippen LogP contribution in [-0.2, 0) is 76.1 Å². The molecule has 0 aliphatic heterocycles. The average molecular weight is 1550 g/mol. The van der Waals surface area contributed by atoms with Gasteiger partial charge in [-0.2, -0.15) is 0 Å². The summed E-state index contributed by atoms with van der Waals surface area (Å²) in [5.74, 6) is -7.85. The number of nitrogens with two attached hydrogens (primary N) is 5. The second-order valence-corrected chi connectivity index (χ2v) is 27.4. The number of hydrogen-bond acceptors (Lipinski definition) is 18. The predicted octanol–water partition coefficient (Wildman–Crippen LogP) is 8.38. The molecule has 0 saturated carbocycles. The average Bonchev–Trinajstić information content (AvgIpc) is 0.827. The highest BCUT2D eigenvalue weighted by atomic mass is 35.5. The molecule has 28 nitrogen and oxygen atoms in total. The van der Waals surface area contributed by atoms with Crippen LogP contribution in [0.5, 0.6) is 5.75 Å². The van der Waals surface area contributed by atoms with Crippen molar-refractivity contribution in [1.82, 2.24) is 0 Å². The van der Waals surface area contributed by atoms with E-state index in [-0.39, 0.29) is 54.4 Å². The lowest BCUT2D eigenvalue weighted by molar-refractivity contribution is -0.139. The maximum absolute atomic E-state index is 13.5. The number of hydrogen-bond donors (Lipinski definition) is 15. The maximum atomic E-state index is 13.5. The highest BCUT2D eigenvalue weighted by molar-refractivity contribution is 7.92. The SMILES string of the molecule is COc1ccccc1C(=O)Nc1ccc(C[C@H](N)C(=O)O)cc1.CS(=O)(=O)Nc1ccc(C[C@H](N)C(=O)O)cc1.Cc1ccccc1S(=O)(=O)Nc1ccc(C[C@H](N)C(=O)O)cc1.N[C@@H](Cc1ccc(NC(=O)c2ccc(F)cc2F)cc1)C(=O)O.N[C@@H](Cc1ccc(NC(=O)c2ccccc2Cl)cc1)C(=O)O. The van der Waals surface area contributed by atoms with Gasteiger partial charge in [0.05, 0.1) is 40.0 Å². The van der Waals surface area contributed by atoms with Gasteiger partial charge in [-0.1, -0.05) is 115 Å². The van der Waals surface area contributed by atoms with Crippen molar-refractivity contribution >= 4 is 108 Å². The summed E-state index contributed by atoms with van der Waals surface area (Å²) in [5, 5.41) is 52.1. The van der Waals surface area contributed by atoms with Gasteiger partial charge in [0, 0.05) is 34.5 Å². The van der Waals surface area contributed by atoms with E-state index in [1.54, 1.807) is 195 Å². The highest BCUT2D eigenvalue weighted by Crippen LogP contribution is 2.24. The zero-order chi connectivity index (χ0) is 80.0. The number of amides is 3. The standard InChI is InChI=1S/C17H18N2O4.C16H15ClN2O3.C16H14F2N2O3.C16H18N2O4S.C10H14N2O4S/c1-23-15-5-3-2-4-13(15)16(20)19-12-8-6-11(7-9-12)10-14(18)17(21)22;17-13-4-2-1-3-12(13)15(20)19-11-7-5-10(6-8-11)9-14(18)16(21)22;17-10-3-6-12(13(18)8-10)15(21)20-11-4-1-9(2-5-11)7-14(19)16(22)23;1-11-4-2-3-5-15(11)23(21,22)18-13-8-6-12(7-9-13)10-14(17)16(19)20;1-17(15,16)12-8-4-2-7(3-5-8)6-9(11)10(13)14/h2-9,14H,10,18H2,1H3,(H,19,20)(H,21,22);1-8,14H,9,18H2,(H,19,20)(H,21,22);1-6,8,14H,7,19H2,(H,20,21)(H,22,23);2-9,14,18H,10,17H2,1H3,(H,19,20);2-5,9,12H,6,11H2,1H3,(H,13,14)/t4*14-;9-/m00000/s1. The van der Waals surface area contributed by atoms with Crippen LogP contribution in [0.4, 0.5) is 37.2 Å². The van der Waals surface area contributed by atoms with Crippen LogP contribution in [0, 0.1) is 18.6 Å². The van der Waals surface area contributed by atoms with Gasteiger partial charge < -0.3 is 74.9 Å². The number of methoxy groups -OCH3 is 1. The maximum Gasteiger partial charge on any atom is 0.320 e. The molecule has 0 fully saturated rings. The third-order valence-electron chi connectivity index (χ3n) is 15.0. The number of para-hydroxylation sites is 1. The van der Waals surface area contributed by atoms with E-state index in [1.165, 1.54) is 13.2 Å². The number of carboxylic acid groups (broad SMARTS) is 5. The Balaban J connectivity index is 0.000000243. The van der Waals surface area contributed by atoms with Gasteiger partial charge in [0.1, 0.15) is 47.6 Å². The predicted molar refractivity (Wildman–Crippen MR) is 404 cm³/mol. The number of benzene rings is 9. The number of carbonyl (C=O) groups excluding carboxylic acids is 3. The molecule has 0 spiro atoms. The van der Waals surface area contributed by atoms with Crippen LogP contribution in [0.2, 0.25) is 5.02 Å². The van der Waals surface area contributed by atoms with E-state index in [9.17, 15) is 64.0 Å². The molecular formula is C75H79ClF2N10O18S2. The molecule has 9 aromatic carbocycles. The van der Waals surface area contributed by atoms with E-state index in [4.69, 9.17) is 70.5 Å². The quantitative estimate of drug-likeness (QED) is 0.0230. The van der Waals surface area contributed by atoms with Crippen molar-refractivity contribution in [3.63, 3.8) is 0 Å². The Morgan fingerprint density at radius 1 is 0.407 bits per heavy atom. The van der Waals surface area contributed by atoms with Gasteiger partial charge in [0.15, 0.2) is 0 Å². The van der Waals surface area contributed by atoms with E-state index in [2.05, 4.69) is 25.4 Å². The van der Waals surface area contributed by atoms with E-state index in [0.29, 0.717) is 67.5 Å². The molecule has 33 heteroatoms. The Hall–Kier alpha value is -12.0. The van der Waals surface area contributed by atoms with E-state index in [0.717, 1.165) is 40.6 Å². The molecule has 0 unspecified atom stereocenters. The third kappa shape index (κ3) is 29.5. The monoisotopic (exact) mass is 1540 g/mol. The van der Waals surface area contributed by atoms with Crippen molar-refractivity contribution in [3.8, 4) is 5.75 Å². The number of aliphatic carboxylic acids is 5. The second kappa shape index (κ2) is 41.6. The minimum Gasteiger partial charge on any atom is -0.496 e. The summed E-state index contributed by atoms with van der Waals surface area (Å²) in [6, 6.07) is 51.2. The van der Waals surface area contributed by atoms with Crippen molar-refractivity contribution in [1.29, 1.82) is 0 Å². The lowest BCUT2D eigenvalue weighted by Crippen LogP contribution is -2.32. The zero-order valence-electron chi connectivity index (χ0n) is 58.0. The molecule has 0 saturated heterocycles. The summed E-state index contributed by atoms with van der Waals surface area (Å²) in [6.45, 7) is 1.73. The molecule has 5 atom stereocenters. The molecular weight excluding hydrogens is 1470 g/mol. The molecule has 9 aromatic rings. The van der Waals surface area contributed by atoms with Crippen LogP contribution in [0.3, 0.4) is 0 Å². The topological polar surface area (TPSA) is 505 Å². The molecule has 3 amide bonds. The van der Waals surface area contributed by atoms with Crippen molar-refractivity contribution in [2.24, 2.45) is 28.7 Å². The fraction of sp³-hybridized carbons (Fsp3) is 0.173. The number of ether oxygens (including phenoxy) is 1. The van der Waals surface area contributed by atoms with Gasteiger partial charge in [-0.3, -0.25) is 47.8 Å². The van der Waals surface area contributed by atoms with E-state index < -0.39 is 97.6 Å². The van der Waals surface area contributed by atoms with Crippen molar-refractivity contribution in [2.75, 3.05) is 38.8 Å². The third-order valence-corrected chi connectivity index (χ3v) is 17.5. The number of nitrogens with one attached hydrogen (secondary N) is 5. The first-order valence-electron chi connectivity index (χ1n) is 32.1. The molecule has 0 aliphatic carbocycles. The summed E-state index contributed by atoms with van der Waals surface area (Å²) in [5.41, 5.74) is 34.6. The minimum absolute atomic E-state index is 0.149. The zero-order valence-corrected chi connectivity index (χ0v) is 60.4. The van der Waals surface area contributed by atoms with Gasteiger partial charge >= 0.3 is 29.8 Å². The Morgan fingerprint density at radius 3 is 1.05 bits per heavy atom.